The second kappa shape index (κ2) is 7.82. The van der Waals surface area contributed by atoms with E-state index >= 15 is 0 Å². The number of unbranched alkanes of at least 4 members (excludes halogenated alkanes) is 1. The van der Waals surface area contributed by atoms with E-state index in [-0.39, 0.29) is 5.97 Å². The van der Waals surface area contributed by atoms with E-state index in [0.29, 0.717) is 5.56 Å². The molecule has 18 heavy (non-hydrogen) atoms. The molecule has 0 aliphatic heterocycles. The van der Waals surface area contributed by atoms with Gasteiger partial charge in [0.15, 0.2) is 0 Å². The third kappa shape index (κ3) is 4.45. The average Bonchev–Trinajstić information content (AvgIpc) is 2.43. The van der Waals surface area contributed by atoms with Crippen LogP contribution in [0, 0.1) is 0 Å². The Kier molecular flexibility index (Phi) is 6.36. The van der Waals surface area contributed by atoms with Gasteiger partial charge in [0.2, 0.25) is 0 Å². The van der Waals surface area contributed by atoms with Crippen molar-refractivity contribution in [3.63, 3.8) is 0 Å². The van der Waals surface area contributed by atoms with Gasteiger partial charge in [0, 0.05) is 12.7 Å². The highest BCUT2D eigenvalue weighted by Crippen LogP contribution is 2.06. The molecule has 0 aromatic carbocycles. The Morgan fingerprint density at radius 2 is 2.17 bits per heavy atom. The number of hydrogen-bond acceptors (Lipinski definition) is 4. The van der Waals surface area contributed by atoms with Crippen LogP contribution in [0.25, 0.3) is 0 Å². The predicted octanol–water partition coefficient (Wildman–Crippen LogP) is 2.49. The van der Waals surface area contributed by atoms with E-state index in [1.165, 1.54) is 20.0 Å². The fraction of sp³-hybridized carbons (Fsp3) is 0.571. The lowest BCUT2D eigenvalue weighted by Crippen LogP contribution is -2.24. The molecule has 1 heterocycles. The molecular weight excluding hydrogens is 228 g/mol. The largest absolute Gasteiger partial charge is 0.465 e. The number of esters is 1. The summed E-state index contributed by atoms with van der Waals surface area (Å²) in [6, 6.07) is 3.66. The van der Waals surface area contributed by atoms with Crippen molar-refractivity contribution in [2.45, 2.75) is 33.2 Å². The summed E-state index contributed by atoms with van der Waals surface area (Å²) in [5, 5.41) is 0. The summed E-state index contributed by atoms with van der Waals surface area (Å²) in [5.41, 5.74) is 1.48. The summed E-state index contributed by atoms with van der Waals surface area (Å²) in [5.74, 6) is -0.340. The van der Waals surface area contributed by atoms with Crippen LogP contribution in [0.2, 0.25) is 0 Å². The third-order valence-electron chi connectivity index (χ3n) is 2.91. The van der Waals surface area contributed by atoms with Gasteiger partial charge in [-0.3, -0.25) is 9.88 Å². The molecule has 0 amide bonds. The maximum absolute atomic E-state index is 11.3. The third-order valence-corrected chi connectivity index (χ3v) is 2.91. The Morgan fingerprint density at radius 3 is 2.67 bits per heavy atom. The molecule has 0 unspecified atom stereocenters. The second-order valence-corrected chi connectivity index (χ2v) is 4.25. The standard InChI is InChI=1S/C14H22N2O2/c1-4-6-9-16(5-2)11-13-8-7-12(10-15-13)14(17)18-3/h7-8,10H,4-6,9,11H2,1-3H3. The van der Waals surface area contributed by atoms with Gasteiger partial charge in [-0.15, -0.1) is 0 Å². The first-order valence-electron chi connectivity index (χ1n) is 6.46. The Bertz CT molecular complexity index is 363. The van der Waals surface area contributed by atoms with Crippen LogP contribution < -0.4 is 0 Å². The molecule has 0 bridgehead atoms. The van der Waals surface area contributed by atoms with Crippen molar-refractivity contribution in [2.24, 2.45) is 0 Å². The van der Waals surface area contributed by atoms with Crippen molar-refractivity contribution in [3.05, 3.63) is 29.6 Å². The lowest BCUT2D eigenvalue weighted by Gasteiger charge is -2.19. The molecule has 0 spiro atoms. The molecule has 100 valence electrons. The van der Waals surface area contributed by atoms with Gasteiger partial charge in [-0.2, -0.15) is 0 Å². The minimum absolute atomic E-state index is 0.340. The highest BCUT2D eigenvalue weighted by molar-refractivity contribution is 5.88. The van der Waals surface area contributed by atoms with E-state index in [9.17, 15) is 4.79 Å². The van der Waals surface area contributed by atoms with Crippen molar-refractivity contribution < 1.29 is 9.53 Å². The maximum Gasteiger partial charge on any atom is 0.339 e. The van der Waals surface area contributed by atoms with Gasteiger partial charge in [-0.05, 0) is 31.6 Å². The zero-order valence-corrected chi connectivity index (χ0v) is 11.5. The minimum atomic E-state index is -0.340. The molecule has 0 aliphatic rings. The Morgan fingerprint density at radius 1 is 1.39 bits per heavy atom. The van der Waals surface area contributed by atoms with Crippen molar-refractivity contribution >= 4 is 5.97 Å². The molecule has 0 saturated carbocycles. The molecule has 4 nitrogen and oxygen atoms in total. The summed E-state index contributed by atoms with van der Waals surface area (Å²) >= 11 is 0. The van der Waals surface area contributed by atoms with Crippen LogP contribution in [0.4, 0.5) is 0 Å². The number of carbonyl (C=O) groups excluding carboxylic acids is 1. The number of hydrogen-bond donors (Lipinski definition) is 0. The van der Waals surface area contributed by atoms with Crippen LogP contribution in [-0.2, 0) is 11.3 Å². The summed E-state index contributed by atoms with van der Waals surface area (Å²) in [6.45, 7) is 7.28. The van der Waals surface area contributed by atoms with Crippen LogP contribution in [0.5, 0.6) is 0 Å². The van der Waals surface area contributed by atoms with Crippen molar-refractivity contribution in [2.75, 3.05) is 20.2 Å². The summed E-state index contributed by atoms with van der Waals surface area (Å²) in [6.07, 6.45) is 3.98. The number of rotatable bonds is 7. The summed E-state index contributed by atoms with van der Waals surface area (Å²) in [4.78, 5) is 17.9. The molecule has 0 saturated heterocycles. The molecule has 0 N–H and O–H groups in total. The molecule has 0 fully saturated rings. The van der Waals surface area contributed by atoms with Gasteiger partial charge in [0.1, 0.15) is 0 Å². The molecule has 0 atom stereocenters. The smallest absolute Gasteiger partial charge is 0.339 e. The van der Waals surface area contributed by atoms with E-state index < -0.39 is 0 Å². The second-order valence-electron chi connectivity index (χ2n) is 4.25. The zero-order chi connectivity index (χ0) is 13.4. The SMILES string of the molecule is CCCCN(CC)Cc1ccc(C(=O)OC)cn1. The Hall–Kier alpha value is -1.42. The van der Waals surface area contributed by atoms with Crippen LogP contribution in [-0.4, -0.2) is 36.1 Å². The molecular formula is C14H22N2O2. The van der Waals surface area contributed by atoms with Crippen LogP contribution in [0.1, 0.15) is 42.7 Å². The number of nitrogens with zero attached hydrogens (tertiary/aromatic N) is 2. The molecule has 1 aromatic heterocycles. The minimum Gasteiger partial charge on any atom is -0.465 e. The summed E-state index contributed by atoms with van der Waals surface area (Å²) in [7, 11) is 1.37. The van der Waals surface area contributed by atoms with Crippen LogP contribution in [0.15, 0.2) is 18.3 Å². The first-order chi connectivity index (χ1) is 8.71. The van der Waals surface area contributed by atoms with Crippen LogP contribution in [0.3, 0.4) is 0 Å². The van der Waals surface area contributed by atoms with Crippen molar-refractivity contribution in [3.8, 4) is 0 Å². The lowest BCUT2D eigenvalue weighted by molar-refractivity contribution is 0.0600. The molecule has 4 heteroatoms. The average molecular weight is 250 g/mol. The first kappa shape index (κ1) is 14.6. The van der Waals surface area contributed by atoms with Gasteiger partial charge >= 0.3 is 5.97 Å². The van der Waals surface area contributed by atoms with Gasteiger partial charge in [0.25, 0.3) is 0 Å². The van der Waals surface area contributed by atoms with Gasteiger partial charge in [-0.1, -0.05) is 20.3 Å². The number of methoxy groups -OCH3 is 1. The first-order valence-corrected chi connectivity index (χ1v) is 6.46. The number of ether oxygens (including phenoxy) is 1. The van der Waals surface area contributed by atoms with E-state index in [2.05, 4.69) is 28.5 Å². The quantitative estimate of drug-likeness (QED) is 0.697. The monoisotopic (exact) mass is 250 g/mol. The number of carbonyl (C=O) groups is 1. The lowest BCUT2D eigenvalue weighted by atomic mass is 10.2. The predicted molar refractivity (Wildman–Crippen MR) is 71.4 cm³/mol. The number of aromatic nitrogens is 1. The molecule has 1 rings (SSSR count). The van der Waals surface area contributed by atoms with E-state index in [1.54, 1.807) is 12.3 Å². The van der Waals surface area contributed by atoms with E-state index in [1.807, 2.05) is 6.07 Å². The number of pyridine rings is 1. The normalized spacial score (nSPS) is 10.7. The Labute approximate surface area is 109 Å². The van der Waals surface area contributed by atoms with Gasteiger partial charge in [-0.25, -0.2) is 4.79 Å². The van der Waals surface area contributed by atoms with E-state index in [4.69, 9.17) is 0 Å². The van der Waals surface area contributed by atoms with Gasteiger partial charge < -0.3 is 4.74 Å². The fourth-order valence-corrected chi connectivity index (χ4v) is 1.72. The van der Waals surface area contributed by atoms with Gasteiger partial charge in [0.05, 0.1) is 18.4 Å². The highest BCUT2D eigenvalue weighted by atomic mass is 16.5. The summed E-state index contributed by atoms with van der Waals surface area (Å²) < 4.78 is 4.64. The van der Waals surface area contributed by atoms with Crippen molar-refractivity contribution in [1.29, 1.82) is 0 Å². The van der Waals surface area contributed by atoms with Crippen molar-refractivity contribution in [1.82, 2.24) is 9.88 Å². The highest BCUT2D eigenvalue weighted by Gasteiger charge is 2.07. The molecule has 0 radical (unpaired) electrons. The fourth-order valence-electron chi connectivity index (χ4n) is 1.72. The zero-order valence-electron chi connectivity index (χ0n) is 11.5. The Balaban J connectivity index is 2.59. The topological polar surface area (TPSA) is 42.4 Å². The maximum atomic E-state index is 11.3. The molecule has 1 aromatic rings. The molecule has 0 aliphatic carbocycles. The van der Waals surface area contributed by atoms with E-state index in [0.717, 1.165) is 25.3 Å². The van der Waals surface area contributed by atoms with Crippen LogP contribution >= 0.6 is 0 Å².